The van der Waals surface area contributed by atoms with Crippen LogP contribution < -0.4 is 0 Å². The fourth-order valence-corrected chi connectivity index (χ4v) is 3.39. The molecular formula is C17H18O4. The van der Waals surface area contributed by atoms with Gasteiger partial charge in [0.1, 0.15) is 11.9 Å². The molecule has 2 aliphatic rings. The summed E-state index contributed by atoms with van der Waals surface area (Å²) in [5.41, 5.74) is 1.86. The monoisotopic (exact) mass is 286 g/mol. The Morgan fingerprint density at radius 3 is 2.52 bits per heavy atom. The Balaban J connectivity index is 2.27. The lowest BCUT2D eigenvalue weighted by Gasteiger charge is -2.44. The number of ketones is 2. The largest absolute Gasteiger partial charge is 0.508 e. The number of hydrogen-bond donors (Lipinski definition) is 2. The highest BCUT2D eigenvalue weighted by Crippen LogP contribution is 2.50. The molecule has 1 aromatic rings. The first-order valence-electron chi connectivity index (χ1n) is 7.04. The number of carbonyl (C=O) groups excluding carboxylic acids is 2. The van der Waals surface area contributed by atoms with Gasteiger partial charge < -0.3 is 10.2 Å². The summed E-state index contributed by atoms with van der Waals surface area (Å²) >= 11 is 0. The quantitative estimate of drug-likeness (QED) is 0.767. The lowest BCUT2D eigenvalue weighted by Crippen LogP contribution is -2.47. The molecule has 0 fully saturated rings. The summed E-state index contributed by atoms with van der Waals surface area (Å²) in [7, 11) is 0. The van der Waals surface area contributed by atoms with Crippen molar-refractivity contribution in [1.29, 1.82) is 0 Å². The van der Waals surface area contributed by atoms with Gasteiger partial charge in [0.15, 0.2) is 11.6 Å². The van der Waals surface area contributed by atoms with E-state index in [1.165, 1.54) is 6.08 Å². The van der Waals surface area contributed by atoms with Crippen LogP contribution in [0.3, 0.4) is 0 Å². The number of allylic oxidation sites excluding steroid dienone is 1. The van der Waals surface area contributed by atoms with Crippen molar-refractivity contribution in [3.05, 3.63) is 34.9 Å². The first-order chi connectivity index (χ1) is 9.73. The van der Waals surface area contributed by atoms with Crippen LogP contribution in [0.2, 0.25) is 0 Å². The maximum absolute atomic E-state index is 12.4. The van der Waals surface area contributed by atoms with Gasteiger partial charge in [-0.05, 0) is 47.8 Å². The zero-order valence-corrected chi connectivity index (χ0v) is 12.3. The molecule has 0 bridgehead atoms. The number of aliphatic hydroxyl groups excluding tert-OH is 1. The summed E-state index contributed by atoms with van der Waals surface area (Å²) in [6, 6.07) is 3.23. The van der Waals surface area contributed by atoms with Crippen LogP contribution in [0.5, 0.6) is 5.75 Å². The average molecular weight is 286 g/mol. The molecule has 21 heavy (non-hydrogen) atoms. The summed E-state index contributed by atoms with van der Waals surface area (Å²) in [6.07, 6.45) is 0.612. The van der Waals surface area contributed by atoms with Crippen LogP contribution >= 0.6 is 0 Å². The maximum atomic E-state index is 12.4. The van der Waals surface area contributed by atoms with Crippen molar-refractivity contribution in [3.63, 3.8) is 0 Å². The fourth-order valence-electron chi connectivity index (χ4n) is 3.39. The lowest BCUT2D eigenvalue weighted by molar-refractivity contribution is -0.130. The molecule has 0 saturated carbocycles. The van der Waals surface area contributed by atoms with Gasteiger partial charge in [-0.25, -0.2) is 0 Å². The molecule has 2 N–H and O–H groups in total. The summed E-state index contributed by atoms with van der Waals surface area (Å²) in [6.45, 7) is 5.35. The number of benzene rings is 1. The van der Waals surface area contributed by atoms with E-state index in [4.69, 9.17) is 0 Å². The first kappa shape index (κ1) is 14.0. The molecule has 0 amide bonds. The van der Waals surface area contributed by atoms with Crippen LogP contribution in [0.4, 0.5) is 0 Å². The second kappa shape index (κ2) is 4.28. The minimum atomic E-state index is -1.10. The number of fused-ring (bicyclic) bond motifs is 3. The molecule has 0 aromatic heterocycles. The third-order valence-corrected chi connectivity index (χ3v) is 4.88. The molecule has 4 heteroatoms. The van der Waals surface area contributed by atoms with E-state index in [0.29, 0.717) is 16.7 Å². The van der Waals surface area contributed by atoms with Gasteiger partial charge in [-0.15, -0.1) is 0 Å². The molecular weight excluding hydrogens is 268 g/mol. The van der Waals surface area contributed by atoms with Crippen molar-refractivity contribution in [2.45, 2.75) is 33.3 Å². The van der Waals surface area contributed by atoms with Gasteiger partial charge in [-0.2, -0.15) is 0 Å². The number of phenolic OH excluding ortho intramolecular Hbond substituents is 1. The minimum absolute atomic E-state index is 0.00938. The van der Waals surface area contributed by atoms with Gasteiger partial charge in [0, 0.05) is 17.4 Å². The number of Topliss-reactive ketones (excluding diaryl/α,β-unsaturated/α-hetero) is 1. The van der Waals surface area contributed by atoms with E-state index in [-0.39, 0.29) is 29.7 Å². The van der Waals surface area contributed by atoms with Gasteiger partial charge in [0.05, 0.1) is 0 Å². The van der Waals surface area contributed by atoms with E-state index >= 15 is 0 Å². The van der Waals surface area contributed by atoms with Crippen molar-refractivity contribution < 1.29 is 19.8 Å². The summed E-state index contributed by atoms with van der Waals surface area (Å²) in [5, 5.41) is 20.0. The van der Waals surface area contributed by atoms with Crippen molar-refractivity contribution >= 4 is 17.1 Å². The highest BCUT2D eigenvalue weighted by atomic mass is 16.3. The fraction of sp³-hybridized carbons (Fsp3) is 0.412. The van der Waals surface area contributed by atoms with Crippen LogP contribution in [0, 0.1) is 18.3 Å². The topological polar surface area (TPSA) is 74.6 Å². The van der Waals surface area contributed by atoms with Gasteiger partial charge in [0.25, 0.3) is 0 Å². The number of aromatic hydroxyl groups is 1. The Morgan fingerprint density at radius 2 is 1.86 bits per heavy atom. The Labute approximate surface area is 123 Å². The van der Waals surface area contributed by atoms with E-state index in [1.54, 1.807) is 32.9 Å². The highest BCUT2D eigenvalue weighted by Gasteiger charge is 2.48. The molecule has 2 atom stereocenters. The molecule has 0 radical (unpaired) electrons. The van der Waals surface area contributed by atoms with E-state index in [9.17, 15) is 19.8 Å². The normalized spacial score (nSPS) is 27.0. The predicted molar refractivity (Wildman–Crippen MR) is 78.1 cm³/mol. The van der Waals surface area contributed by atoms with Crippen molar-refractivity contribution in [3.8, 4) is 5.75 Å². The molecule has 4 nitrogen and oxygen atoms in total. The average Bonchev–Trinajstić information content (AvgIpc) is 2.41. The second-order valence-corrected chi connectivity index (χ2v) is 6.59. The smallest absolute Gasteiger partial charge is 0.184 e. The van der Waals surface area contributed by atoms with Crippen molar-refractivity contribution in [1.82, 2.24) is 0 Å². The summed E-state index contributed by atoms with van der Waals surface area (Å²) < 4.78 is 0. The Kier molecular flexibility index (Phi) is 2.85. The Hall–Kier alpha value is -1.94. The summed E-state index contributed by atoms with van der Waals surface area (Å²) in [4.78, 5) is 24.4. The third-order valence-electron chi connectivity index (χ3n) is 4.88. The van der Waals surface area contributed by atoms with Gasteiger partial charge in [-0.3, -0.25) is 9.59 Å². The summed E-state index contributed by atoms with van der Waals surface area (Å²) in [5.74, 6) is -0.455. The molecule has 2 aliphatic carbocycles. The van der Waals surface area contributed by atoms with E-state index in [0.717, 1.165) is 5.57 Å². The maximum Gasteiger partial charge on any atom is 0.184 e. The standard InChI is InChI=1S/C17H18O4/c1-8-4-11-9(5-13(8)18)10-6-15(20)16(21)17(2,3)12(10)7-14(11)19/h4-6,12,16,18,21H,7H2,1-3H3. The van der Waals surface area contributed by atoms with E-state index in [1.807, 2.05) is 0 Å². The molecule has 1 aromatic carbocycles. The first-order valence-corrected chi connectivity index (χ1v) is 7.04. The van der Waals surface area contributed by atoms with Gasteiger partial charge in [-0.1, -0.05) is 13.8 Å². The van der Waals surface area contributed by atoms with Gasteiger partial charge in [0.2, 0.25) is 0 Å². The Bertz CT molecular complexity index is 697. The Morgan fingerprint density at radius 1 is 1.19 bits per heavy atom. The number of hydrogen-bond acceptors (Lipinski definition) is 4. The van der Waals surface area contributed by atoms with Crippen LogP contribution in [0.15, 0.2) is 18.2 Å². The molecule has 0 heterocycles. The van der Waals surface area contributed by atoms with Crippen LogP contribution in [0.25, 0.3) is 5.57 Å². The molecule has 0 saturated heterocycles. The van der Waals surface area contributed by atoms with Crippen LogP contribution in [-0.2, 0) is 4.79 Å². The van der Waals surface area contributed by atoms with Crippen LogP contribution in [0.1, 0.15) is 41.8 Å². The zero-order valence-electron chi connectivity index (χ0n) is 12.3. The molecule has 2 unspecified atom stereocenters. The number of carbonyl (C=O) groups is 2. The van der Waals surface area contributed by atoms with Gasteiger partial charge >= 0.3 is 0 Å². The molecule has 3 rings (SSSR count). The van der Waals surface area contributed by atoms with E-state index < -0.39 is 11.5 Å². The predicted octanol–water partition coefficient (Wildman–Crippen LogP) is 2.26. The minimum Gasteiger partial charge on any atom is -0.508 e. The number of aryl methyl sites for hydroxylation is 1. The second-order valence-electron chi connectivity index (χ2n) is 6.59. The lowest BCUT2D eigenvalue weighted by atomic mass is 9.60. The van der Waals surface area contributed by atoms with Crippen LogP contribution in [-0.4, -0.2) is 27.9 Å². The number of phenols is 1. The molecule has 0 aliphatic heterocycles. The van der Waals surface area contributed by atoms with Crippen molar-refractivity contribution in [2.75, 3.05) is 0 Å². The molecule has 0 spiro atoms. The highest BCUT2D eigenvalue weighted by molar-refractivity contribution is 6.10. The number of aliphatic hydroxyl groups is 1. The molecule has 110 valence electrons. The number of rotatable bonds is 0. The third kappa shape index (κ3) is 1.86. The SMILES string of the molecule is Cc1cc2c(cc1O)C1=CC(=O)C(O)C(C)(C)C1CC2=O. The van der Waals surface area contributed by atoms with E-state index in [2.05, 4.69) is 0 Å². The van der Waals surface area contributed by atoms with Crippen molar-refractivity contribution in [2.24, 2.45) is 11.3 Å². The zero-order chi connectivity index (χ0) is 15.5.